The van der Waals surface area contributed by atoms with Crippen LogP contribution in [0.1, 0.15) is 6.42 Å². The van der Waals surface area contributed by atoms with Crippen molar-refractivity contribution in [1.82, 2.24) is 14.8 Å². The van der Waals surface area contributed by atoms with E-state index in [-0.39, 0.29) is 24.0 Å². The summed E-state index contributed by atoms with van der Waals surface area (Å²) in [5.41, 5.74) is 1.55. The summed E-state index contributed by atoms with van der Waals surface area (Å²) < 4.78 is 24.2. The van der Waals surface area contributed by atoms with Gasteiger partial charge in [0.2, 0.25) is 15.9 Å². The number of carbonyl (C=O) groups excluding carboxylic acids is 1. The highest BCUT2D eigenvalue weighted by Gasteiger charge is 2.32. The van der Waals surface area contributed by atoms with Gasteiger partial charge in [-0.1, -0.05) is 12.1 Å². The minimum absolute atomic E-state index is 0.103. The number of hydrogen-bond donors (Lipinski definition) is 1. The monoisotopic (exact) mass is 335 g/mol. The summed E-state index contributed by atoms with van der Waals surface area (Å²) in [6.07, 6.45) is 1.79. The molecule has 0 saturated carbocycles. The van der Waals surface area contributed by atoms with Gasteiger partial charge in [0, 0.05) is 37.2 Å². The molecule has 2 heterocycles. The smallest absolute Gasteiger partial charge is 0.227 e. The van der Waals surface area contributed by atoms with Crippen LogP contribution in [0.2, 0.25) is 0 Å². The molecule has 0 aliphatic carbocycles. The van der Waals surface area contributed by atoms with Gasteiger partial charge >= 0.3 is 0 Å². The van der Waals surface area contributed by atoms with E-state index in [4.69, 9.17) is 5.14 Å². The van der Waals surface area contributed by atoms with E-state index in [1.54, 1.807) is 15.8 Å². The van der Waals surface area contributed by atoms with E-state index in [1.165, 1.54) is 0 Å². The number of nitrogens with zero attached hydrogens (tertiary/aromatic N) is 4. The first-order valence-electron chi connectivity index (χ1n) is 7.09. The first-order valence-corrected chi connectivity index (χ1v) is 8.80. The fourth-order valence-electron chi connectivity index (χ4n) is 2.83. The van der Waals surface area contributed by atoms with E-state index in [2.05, 4.69) is 10.2 Å². The summed E-state index contributed by atoms with van der Waals surface area (Å²) >= 11 is 0. The van der Waals surface area contributed by atoms with Gasteiger partial charge < -0.3 is 9.47 Å². The number of aromatic nitrogens is 3. The summed E-state index contributed by atoms with van der Waals surface area (Å²) in [5.74, 6) is 0.127. The zero-order chi connectivity index (χ0) is 16.6. The Hall–Kier alpha value is -2.26. The van der Waals surface area contributed by atoms with Crippen molar-refractivity contribution in [3.8, 4) is 11.4 Å². The van der Waals surface area contributed by atoms with E-state index in [9.17, 15) is 13.2 Å². The second-order valence-electron chi connectivity index (χ2n) is 5.72. The largest absolute Gasteiger partial charge is 0.317 e. The molecule has 1 atom stereocenters. The summed E-state index contributed by atoms with van der Waals surface area (Å²) in [4.78, 5) is 13.8. The van der Waals surface area contributed by atoms with Crippen molar-refractivity contribution in [2.75, 3.05) is 17.2 Å². The van der Waals surface area contributed by atoms with Gasteiger partial charge in [-0.15, -0.1) is 10.2 Å². The Morgan fingerprint density at radius 3 is 2.83 bits per heavy atom. The average molecular weight is 335 g/mol. The van der Waals surface area contributed by atoms with Crippen LogP contribution in [0.3, 0.4) is 0 Å². The SMILES string of the molecule is Cn1cnnc1-c1cccc(N2CC(CS(N)(=O)=O)CC2=O)c1. The van der Waals surface area contributed by atoms with Gasteiger partial charge in [0.1, 0.15) is 6.33 Å². The zero-order valence-electron chi connectivity index (χ0n) is 12.6. The summed E-state index contributed by atoms with van der Waals surface area (Å²) in [7, 11) is -1.75. The Morgan fingerprint density at radius 1 is 1.39 bits per heavy atom. The molecule has 23 heavy (non-hydrogen) atoms. The highest BCUT2D eigenvalue weighted by atomic mass is 32.2. The third kappa shape index (κ3) is 3.40. The maximum atomic E-state index is 12.2. The molecule has 1 amide bonds. The van der Waals surface area contributed by atoms with Crippen LogP contribution in [0.4, 0.5) is 5.69 Å². The number of carbonyl (C=O) groups is 1. The van der Waals surface area contributed by atoms with Crippen LogP contribution in [-0.2, 0) is 21.9 Å². The van der Waals surface area contributed by atoms with E-state index < -0.39 is 10.0 Å². The second-order valence-corrected chi connectivity index (χ2v) is 7.38. The van der Waals surface area contributed by atoms with Crippen LogP contribution in [0, 0.1) is 5.92 Å². The number of sulfonamides is 1. The molecular weight excluding hydrogens is 318 g/mol. The van der Waals surface area contributed by atoms with Crippen molar-refractivity contribution in [3.05, 3.63) is 30.6 Å². The molecule has 0 radical (unpaired) electrons. The van der Waals surface area contributed by atoms with Gasteiger partial charge in [-0.2, -0.15) is 0 Å². The lowest BCUT2D eigenvalue weighted by molar-refractivity contribution is -0.117. The number of benzene rings is 1. The van der Waals surface area contributed by atoms with Gasteiger partial charge in [0.15, 0.2) is 5.82 Å². The van der Waals surface area contributed by atoms with Crippen molar-refractivity contribution in [3.63, 3.8) is 0 Å². The maximum absolute atomic E-state index is 12.2. The second kappa shape index (κ2) is 5.74. The predicted molar refractivity (Wildman–Crippen MR) is 84.9 cm³/mol. The molecule has 1 aliphatic rings. The number of aryl methyl sites for hydroxylation is 1. The third-order valence-electron chi connectivity index (χ3n) is 3.80. The molecule has 1 fully saturated rings. The van der Waals surface area contributed by atoms with Gasteiger partial charge in [-0.05, 0) is 12.1 Å². The van der Waals surface area contributed by atoms with Gasteiger partial charge in [0.25, 0.3) is 0 Å². The van der Waals surface area contributed by atoms with E-state index in [0.717, 1.165) is 5.56 Å². The van der Waals surface area contributed by atoms with Crippen molar-refractivity contribution in [2.45, 2.75) is 6.42 Å². The van der Waals surface area contributed by atoms with Gasteiger partial charge in [-0.3, -0.25) is 4.79 Å². The fourth-order valence-corrected chi connectivity index (χ4v) is 3.71. The van der Waals surface area contributed by atoms with E-state index in [1.807, 2.05) is 31.3 Å². The molecular formula is C14H17N5O3S. The standard InChI is InChI=1S/C14H17N5O3S/c1-18-9-16-17-14(18)11-3-2-4-12(6-11)19-7-10(5-13(19)20)8-23(15,21)22/h2-4,6,9-10H,5,7-8H2,1H3,(H2,15,21,22). The topological polar surface area (TPSA) is 111 Å². The molecule has 2 aromatic rings. The molecule has 0 bridgehead atoms. The Bertz CT molecular complexity index is 846. The lowest BCUT2D eigenvalue weighted by Crippen LogP contribution is -2.27. The van der Waals surface area contributed by atoms with Crippen molar-refractivity contribution < 1.29 is 13.2 Å². The van der Waals surface area contributed by atoms with E-state index in [0.29, 0.717) is 18.1 Å². The fraction of sp³-hybridized carbons (Fsp3) is 0.357. The number of nitrogens with two attached hydrogens (primary N) is 1. The van der Waals surface area contributed by atoms with Crippen LogP contribution < -0.4 is 10.0 Å². The normalized spacial score (nSPS) is 18.6. The van der Waals surface area contributed by atoms with Crippen molar-refractivity contribution >= 4 is 21.6 Å². The van der Waals surface area contributed by atoms with Crippen molar-refractivity contribution in [1.29, 1.82) is 0 Å². The van der Waals surface area contributed by atoms with E-state index >= 15 is 0 Å². The highest BCUT2D eigenvalue weighted by molar-refractivity contribution is 7.89. The van der Waals surface area contributed by atoms with Crippen LogP contribution >= 0.6 is 0 Å². The van der Waals surface area contributed by atoms with Crippen LogP contribution in [0.25, 0.3) is 11.4 Å². The van der Waals surface area contributed by atoms with Gasteiger partial charge in [-0.25, -0.2) is 13.6 Å². The molecule has 8 nitrogen and oxygen atoms in total. The molecule has 1 aromatic carbocycles. The number of rotatable bonds is 4. The molecule has 122 valence electrons. The molecule has 1 aliphatic heterocycles. The minimum atomic E-state index is -3.59. The average Bonchev–Trinajstić information content (AvgIpc) is 3.03. The summed E-state index contributed by atoms with van der Waals surface area (Å²) in [6.45, 7) is 0.345. The predicted octanol–water partition coefficient (Wildman–Crippen LogP) is 0.123. The number of anilines is 1. The lowest BCUT2D eigenvalue weighted by Gasteiger charge is -2.17. The lowest BCUT2D eigenvalue weighted by atomic mass is 10.1. The highest BCUT2D eigenvalue weighted by Crippen LogP contribution is 2.28. The van der Waals surface area contributed by atoms with Crippen LogP contribution in [0.5, 0.6) is 0 Å². The van der Waals surface area contributed by atoms with Crippen LogP contribution in [-0.4, -0.2) is 41.4 Å². The molecule has 1 aromatic heterocycles. The minimum Gasteiger partial charge on any atom is -0.317 e. The maximum Gasteiger partial charge on any atom is 0.227 e. The number of amides is 1. The molecule has 3 rings (SSSR count). The molecule has 1 unspecified atom stereocenters. The van der Waals surface area contributed by atoms with Crippen molar-refractivity contribution in [2.24, 2.45) is 18.1 Å². The summed E-state index contributed by atoms with van der Waals surface area (Å²) in [5, 5.41) is 13.0. The third-order valence-corrected chi connectivity index (χ3v) is 4.74. The molecule has 0 spiro atoms. The molecule has 1 saturated heterocycles. The first-order chi connectivity index (χ1) is 10.8. The number of primary sulfonamides is 1. The molecule has 2 N–H and O–H groups in total. The molecule has 9 heteroatoms. The Morgan fingerprint density at radius 2 is 2.17 bits per heavy atom. The Kier molecular flexibility index (Phi) is 3.90. The van der Waals surface area contributed by atoms with Crippen LogP contribution in [0.15, 0.2) is 30.6 Å². The number of hydrogen-bond acceptors (Lipinski definition) is 5. The zero-order valence-corrected chi connectivity index (χ0v) is 13.4. The quantitative estimate of drug-likeness (QED) is 0.853. The summed E-state index contributed by atoms with van der Waals surface area (Å²) in [6, 6.07) is 7.38. The first kappa shape index (κ1) is 15.6. The Balaban J connectivity index is 1.85. The van der Waals surface area contributed by atoms with Gasteiger partial charge in [0.05, 0.1) is 5.75 Å². The Labute approximate surface area is 134 Å².